The fourth-order valence-corrected chi connectivity index (χ4v) is 54.5. The minimum atomic E-state index is -1.39. The molecule has 0 heterocycles. The zero-order valence-electron chi connectivity index (χ0n) is 50.1. The van der Waals surface area contributed by atoms with Crippen molar-refractivity contribution in [3.05, 3.63) is 109 Å². The van der Waals surface area contributed by atoms with Crippen molar-refractivity contribution in [1.29, 1.82) is 0 Å². The Balaban J connectivity index is 0.00000109. The van der Waals surface area contributed by atoms with Crippen molar-refractivity contribution in [2.24, 2.45) is 5.16 Å². The molecule has 382 valence electrons. The number of aryl methyl sites for hydroxylation is 3. The van der Waals surface area contributed by atoms with E-state index in [9.17, 15) is 5.21 Å². The summed E-state index contributed by atoms with van der Waals surface area (Å²) >= 11 is 4.86. The Hall–Kier alpha value is 0.224. The van der Waals surface area contributed by atoms with Gasteiger partial charge in [0.05, 0.1) is 0 Å². The average Bonchev–Trinajstić information content (AvgIpc) is 2.97. The normalized spacial score (nSPS) is 13.8. The van der Waals surface area contributed by atoms with E-state index in [-0.39, 0.29) is 32.3 Å². The molecular weight excluding hydrogens is 1180 g/mol. The predicted molar refractivity (Wildman–Crippen MR) is 344 cm³/mol. The van der Waals surface area contributed by atoms with E-state index in [1.54, 1.807) is 22.3 Å². The molecule has 0 aliphatic heterocycles. The molecule has 0 atom stereocenters. The van der Waals surface area contributed by atoms with Gasteiger partial charge < -0.3 is 23.0 Å². The Kier molecular flexibility index (Phi) is 25.3. The number of hydrogen-bond acceptors (Lipinski definition) is 3. The Labute approximate surface area is 459 Å². The minimum absolute atomic E-state index is 0. The molecule has 0 aromatic heterocycles. The molecule has 3 aromatic rings. The molecule has 0 saturated heterocycles. The van der Waals surface area contributed by atoms with Crippen molar-refractivity contribution >= 4 is 118 Å². The van der Waals surface area contributed by atoms with Crippen molar-refractivity contribution in [3.63, 3.8) is 0 Å². The first-order valence-corrected chi connectivity index (χ1v) is 58.5. The summed E-state index contributed by atoms with van der Waals surface area (Å²) in [6.07, 6.45) is 0. The van der Waals surface area contributed by atoms with Crippen LogP contribution in [-0.4, -0.2) is 105 Å². The van der Waals surface area contributed by atoms with E-state index in [1.165, 1.54) is 34.8 Å². The van der Waals surface area contributed by atoms with E-state index in [2.05, 4.69) is 218 Å². The van der Waals surface area contributed by atoms with Gasteiger partial charge in [-0.2, -0.15) is 0 Å². The predicted octanol–water partition coefficient (Wildman–Crippen LogP) is 17.8. The summed E-state index contributed by atoms with van der Waals surface area (Å²) in [4.78, 5) is 0. The first-order chi connectivity index (χ1) is 29.5. The molecule has 0 spiro atoms. The van der Waals surface area contributed by atoms with Crippen molar-refractivity contribution < 1.29 is 0 Å². The third-order valence-electron chi connectivity index (χ3n) is 12.3. The summed E-state index contributed by atoms with van der Waals surface area (Å²) in [5.74, 6) is 0. The molecule has 3 aromatic carbocycles. The Morgan fingerprint density at radius 1 is 0.456 bits per heavy atom. The molecule has 0 amide bonds. The molecule has 2 nitrogen and oxygen atoms in total. The number of nitrogens with zero attached hydrogens (tertiary/aromatic N) is 1. The van der Waals surface area contributed by atoms with E-state index >= 15 is 0 Å². The molecule has 0 aliphatic carbocycles. The fraction of sp³-hybridized carbons (Fsp3) is 0.655. The van der Waals surface area contributed by atoms with E-state index < -0.39 is 72.7 Å². The van der Waals surface area contributed by atoms with Crippen LogP contribution in [0.4, 0.5) is 0 Å². The zero-order chi connectivity index (χ0) is 53.1. The number of benzene rings is 3. The molecule has 0 unspecified atom stereocenters. The van der Waals surface area contributed by atoms with Crippen LogP contribution in [0.25, 0.3) is 0 Å². The van der Waals surface area contributed by atoms with Crippen LogP contribution < -0.4 is 0 Å². The second-order valence-electron chi connectivity index (χ2n) is 30.7. The summed E-state index contributed by atoms with van der Waals surface area (Å²) in [5.41, 5.74) is 13.5. The SMILES string of the molecule is C[Si](C)(C)C(c1[c]c(C([Si](C)(C)C)[Si](C)(C)C)cc(C([Si](C)(C)C)[Si](C)(C)C)c1)[Si](C)(C)C.C[Si](C)(C)Cc1[c]c(C[Si](C)(C)C)cc(C[Si](C)(C)C)c1.Cc1cc(C)c(C([S-])=N[O-])c(C)c1.[Pb+2]. The van der Waals surface area contributed by atoms with Crippen LogP contribution >= 0.6 is 0 Å². The molecule has 0 bridgehead atoms. The van der Waals surface area contributed by atoms with Crippen LogP contribution in [0.15, 0.2) is 41.6 Å². The summed E-state index contributed by atoms with van der Waals surface area (Å²) in [6.45, 7) is 75.1. The van der Waals surface area contributed by atoms with Gasteiger partial charge in [-0.05, 0) is 111 Å². The zero-order valence-corrected chi connectivity index (χ0v) is 63.8. The van der Waals surface area contributed by atoms with Crippen molar-refractivity contribution in [2.45, 2.75) is 231 Å². The van der Waals surface area contributed by atoms with Crippen LogP contribution in [0.3, 0.4) is 0 Å². The maximum Gasteiger partial charge on any atom is 2.00 e. The molecule has 68 heavy (non-hydrogen) atoms. The fourth-order valence-electron chi connectivity index (χ4n) is 12.3. The Morgan fingerprint density at radius 3 is 1.00 bits per heavy atom. The summed E-state index contributed by atoms with van der Waals surface area (Å²) in [5, 5.41) is 15.6. The second-order valence-corrected chi connectivity index (χ2v) is 81.1. The van der Waals surface area contributed by atoms with Gasteiger partial charge in [-0.15, -0.1) is 0 Å². The van der Waals surface area contributed by atoms with Crippen molar-refractivity contribution in [3.8, 4) is 0 Å². The van der Waals surface area contributed by atoms with Crippen molar-refractivity contribution in [1.82, 2.24) is 0 Å². The molecule has 0 saturated carbocycles. The van der Waals surface area contributed by atoms with Gasteiger partial charge in [0, 0.05) is 72.7 Å². The van der Waals surface area contributed by atoms with Crippen LogP contribution in [0.1, 0.15) is 71.1 Å². The van der Waals surface area contributed by atoms with Gasteiger partial charge >= 0.3 is 27.3 Å². The van der Waals surface area contributed by atoms with Gasteiger partial charge in [-0.3, -0.25) is 0 Å². The van der Waals surface area contributed by atoms with Crippen LogP contribution in [0.5, 0.6) is 0 Å². The van der Waals surface area contributed by atoms with E-state index in [0.717, 1.165) is 32.2 Å². The molecule has 3 rings (SSSR count). The number of rotatable bonds is 16. The van der Waals surface area contributed by atoms with Gasteiger partial charge in [-0.25, -0.2) is 0 Å². The molecule has 4 radical (unpaired) electrons. The second kappa shape index (κ2) is 25.2. The third-order valence-corrected chi connectivity index (χ3v) is 44.8. The van der Waals surface area contributed by atoms with Crippen molar-refractivity contribution in [2.75, 3.05) is 0 Å². The third kappa shape index (κ3) is 23.6. The van der Waals surface area contributed by atoms with Crippen LogP contribution in [-0.2, 0) is 30.8 Å². The maximum absolute atomic E-state index is 10.3. The first kappa shape index (κ1) is 68.2. The monoisotopic (exact) mass is 1290 g/mol. The minimum Gasteiger partial charge on any atom is -0.793 e. The van der Waals surface area contributed by atoms with Gasteiger partial charge in [0.2, 0.25) is 0 Å². The Morgan fingerprint density at radius 2 is 0.750 bits per heavy atom. The number of hydrogen-bond donors (Lipinski definition) is 0. The maximum atomic E-state index is 10.3. The molecule has 0 N–H and O–H groups in total. The summed E-state index contributed by atoms with van der Waals surface area (Å²) < 4.78 is 0. The average molecular weight is 1290 g/mol. The molecular formula is C55H105NOPbSSi9. The first-order valence-electron chi connectivity index (χ1n) is 25.5. The van der Waals surface area contributed by atoms with Gasteiger partial charge in [0.15, 0.2) is 0 Å². The molecule has 0 fully saturated rings. The Bertz CT molecular complexity index is 1840. The topological polar surface area (TPSA) is 35.4 Å². The quantitative estimate of drug-likeness (QED) is 0.0471. The largest absolute Gasteiger partial charge is 2.00 e. The van der Waals surface area contributed by atoms with E-state index in [4.69, 9.17) is 12.6 Å². The van der Waals surface area contributed by atoms with Crippen LogP contribution in [0, 0.1) is 38.1 Å². The van der Waals surface area contributed by atoms with E-state index in [1.807, 2.05) is 32.9 Å². The van der Waals surface area contributed by atoms with E-state index in [0.29, 0.717) is 0 Å². The van der Waals surface area contributed by atoms with Gasteiger partial charge in [0.1, 0.15) is 0 Å². The molecule has 0 aliphatic rings. The standard InChI is InChI=1S/C27H59Si6.C18H35Si3.C10H13NOS.Pb/c1-28(2,3)25(29(4,5)6)22-19-23(26(30(7,8)9)31(10,11)12)21-24(20-22)27(32(13,14)15)33(16,17)18;1-19(2,3)13-16-10-17(14-20(4,5)6)12-18(11-16)15-21(7,8)9;1-6-4-7(2)9(8(3)5-6)10(13)11-12;/h19-20,25-27H,1-18H3;10-11H,13-15H2,1-9H3;4-5,12H,1-3H3,(H,11,13);/q;;;+2/p-2. The summed E-state index contributed by atoms with van der Waals surface area (Å²) in [6, 6.07) is 26.2. The molecule has 13 heteroatoms. The van der Waals surface area contributed by atoms with Gasteiger partial charge in [0.25, 0.3) is 0 Å². The van der Waals surface area contributed by atoms with Crippen LogP contribution in [0.2, 0.25) is 177 Å². The smallest absolute Gasteiger partial charge is 0.793 e. The van der Waals surface area contributed by atoms with Gasteiger partial charge in [-0.1, -0.05) is 229 Å². The summed E-state index contributed by atoms with van der Waals surface area (Å²) in [7, 11) is -11.5.